The second-order valence-electron chi connectivity index (χ2n) is 4.77. The van der Waals surface area contributed by atoms with E-state index in [0.29, 0.717) is 6.04 Å². The summed E-state index contributed by atoms with van der Waals surface area (Å²) in [5.74, 6) is 0. The number of hydrogen-bond acceptors (Lipinski definition) is 3. The van der Waals surface area contributed by atoms with Gasteiger partial charge in [-0.25, -0.2) is 0 Å². The molecule has 1 aliphatic rings. The monoisotopic (exact) mass is 288 g/mol. The SMILES string of the molecule is CC1(C)CC(Nc2cc(Br)cs2)CCN1. The Labute approximate surface area is 104 Å². The van der Waals surface area contributed by atoms with Gasteiger partial charge < -0.3 is 10.6 Å². The quantitative estimate of drug-likeness (QED) is 0.871. The van der Waals surface area contributed by atoms with Crippen LogP contribution in [0.2, 0.25) is 0 Å². The van der Waals surface area contributed by atoms with Gasteiger partial charge >= 0.3 is 0 Å². The maximum atomic E-state index is 3.61. The largest absolute Gasteiger partial charge is 0.374 e. The smallest absolute Gasteiger partial charge is 0.0896 e. The summed E-state index contributed by atoms with van der Waals surface area (Å²) in [5.41, 5.74) is 0.268. The van der Waals surface area contributed by atoms with Gasteiger partial charge in [-0.05, 0) is 55.2 Å². The third kappa shape index (κ3) is 3.20. The number of thiophene rings is 1. The number of rotatable bonds is 2. The van der Waals surface area contributed by atoms with Crippen LogP contribution in [0.25, 0.3) is 0 Å². The van der Waals surface area contributed by atoms with Crippen LogP contribution < -0.4 is 10.6 Å². The second kappa shape index (κ2) is 4.44. The molecule has 1 unspecified atom stereocenters. The van der Waals surface area contributed by atoms with E-state index >= 15 is 0 Å². The maximum absolute atomic E-state index is 3.61. The van der Waals surface area contributed by atoms with Crippen LogP contribution in [0.5, 0.6) is 0 Å². The number of hydrogen-bond donors (Lipinski definition) is 2. The molecule has 2 rings (SSSR count). The van der Waals surface area contributed by atoms with Gasteiger partial charge in [-0.1, -0.05) is 0 Å². The first-order valence-corrected chi connectivity index (χ1v) is 6.98. The highest BCUT2D eigenvalue weighted by Gasteiger charge is 2.27. The lowest BCUT2D eigenvalue weighted by molar-refractivity contribution is 0.286. The molecule has 15 heavy (non-hydrogen) atoms. The van der Waals surface area contributed by atoms with Crippen molar-refractivity contribution < 1.29 is 0 Å². The van der Waals surface area contributed by atoms with E-state index in [9.17, 15) is 0 Å². The average molecular weight is 289 g/mol. The van der Waals surface area contributed by atoms with Gasteiger partial charge in [0.1, 0.15) is 0 Å². The summed E-state index contributed by atoms with van der Waals surface area (Å²) in [6.45, 7) is 5.65. The number of halogens is 1. The Morgan fingerprint density at radius 3 is 3.00 bits per heavy atom. The molecule has 1 atom stereocenters. The van der Waals surface area contributed by atoms with Crippen LogP contribution >= 0.6 is 27.3 Å². The summed E-state index contributed by atoms with van der Waals surface area (Å²) in [7, 11) is 0. The minimum absolute atomic E-state index is 0.268. The second-order valence-corrected chi connectivity index (χ2v) is 6.60. The van der Waals surface area contributed by atoms with Gasteiger partial charge in [0, 0.05) is 21.4 Å². The zero-order valence-electron chi connectivity index (χ0n) is 9.14. The minimum Gasteiger partial charge on any atom is -0.374 e. The van der Waals surface area contributed by atoms with Crippen LogP contribution in [0.3, 0.4) is 0 Å². The summed E-state index contributed by atoms with van der Waals surface area (Å²) in [5, 5.41) is 10.5. The van der Waals surface area contributed by atoms with Gasteiger partial charge in [-0.15, -0.1) is 11.3 Å². The third-order valence-corrected chi connectivity index (χ3v) is 4.39. The summed E-state index contributed by atoms with van der Waals surface area (Å²) < 4.78 is 1.17. The van der Waals surface area contributed by atoms with E-state index in [0.717, 1.165) is 6.54 Å². The topological polar surface area (TPSA) is 24.1 Å². The predicted molar refractivity (Wildman–Crippen MR) is 70.7 cm³/mol. The lowest BCUT2D eigenvalue weighted by Crippen LogP contribution is -2.49. The van der Waals surface area contributed by atoms with E-state index in [4.69, 9.17) is 0 Å². The third-order valence-electron chi connectivity index (χ3n) is 2.77. The van der Waals surface area contributed by atoms with E-state index in [-0.39, 0.29) is 5.54 Å². The van der Waals surface area contributed by atoms with E-state index in [1.165, 1.54) is 22.3 Å². The van der Waals surface area contributed by atoms with Crippen LogP contribution in [-0.4, -0.2) is 18.1 Å². The Kier molecular flexibility index (Phi) is 3.38. The molecule has 1 aliphatic heterocycles. The number of piperidine rings is 1. The van der Waals surface area contributed by atoms with Crippen LogP contribution in [0.15, 0.2) is 15.9 Å². The van der Waals surface area contributed by atoms with Gasteiger partial charge in [0.05, 0.1) is 5.00 Å². The van der Waals surface area contributed by atoms with E-state index in [1.54, 1.807) is 11.3 Å². The van der Waals surface area contributed by atoms with Crippen LogP contribution in [0, 0.1) is 0 Å². The first kappa shape index (κ1) is 11.4. The molecule has 0 bridgehead atoms. The molecular formula is C11H17BrN2S. The first-order chi connectivity index (χ1) is 7.05. The van der Waals surface area contributed by atoms with Gasteiger partial charge in [0.25, 0.3) is 0 Å². The highest BCUT2D eigenvalue weighted by atomic mass is 79.9. The molecule has 1 fully saturated rings. The number of anilines is 1. The van der Waals surface area contributed by atoms with Crippen molar-refractivity contribution in [2.45, 2.75) is 38.3 Å². The van der Waals surface area contributed by atoms with Crippen molar-refractivity contribution in [3.63, 3.8) is 0 Å². The molecule has 2 N–H and O–H groups in total. The Bertz CT molecular complexity index is 335. The van der Waals surface area contributed by atoms with Crippen molar-refractivity contribution in [2.24, 2.45) is 0 Å². The minimum atomic E-state index is 0.268. The Balaban J connectivity index is 1.95. The Morgan fingerprint density at radius 2 is 2.40 bits per heavy atom. The summed E-state index contributed by atoms with van der Waals surface area (Å²) in [6, 6.07) is 2.76. The number of nitrogens with one attached hydrogen (secondary N) is 2. The van der Waals surface area contributed by atoms with Gasteiger partial charge in [-0.2, -0.15) is 0 Å². The summed E-state index contributed by atoms with van der Waals surface area (Å²) in [4.78, 5) is 0. The lowest BCUT2D eigenvalue weighted by atomic mass is 9.89. The summed E-state index contributed by atoms with van der Waals surface area (Å²) >= 11 is 5.24. The molecule has 1 saturated heterocycles. The van der Waals surface area contributed by atoms with Crippen molar-refractivity contribution in [3.8, 4) is 0 Å². The van der Waals surface area contributed by atoms with Crippen LogP contribution in [0.4, 0.5) is 5.00 Å². The van der Waals surface area contributed by atoms with Crippen LogP contribution in [-0.2, 0) is 0 Å². The molecule has 2 nitrogen and oxygen atoms in total. The Morgan fingerprint density at radius 1 is 1.60 bits per heavy atom. The first-order valence-electron chi connectivity index (χ1n) is 5.31. The fourth-order valence-electron chi connectivity index (χ4n) is 2.09. The molecule has 2 heterocycles. The fraction of sp³-hybridized carbons (Fsp3) is 0.636. The van der Waals surface area contributed by atoms with E-state index in [2.05, 4.69) is 51.9 Å². The lowest BCUT2D eigenvalue weighted by Gasteiger charge is -2.37. The van der Waals surface area contributed by atoms with Gasteiger partial charge in [0.15, 0.2) is 0 Å². The molecule has 1 aromatic heterocycles. The highest BCUT2D eigenvalue weighted by Crippen LogP contribution is 2.28. The van der Waals surface area contributed by atoms with Crippen molar-refractivity contribution in [2.75, 3.05) is 11.9 Å². The average Bonchev–Trinajstić information content (AvgIpc) is 2.49. The normalized spacial score (nSPS) is 25.1. The zero-order valence-corrected chi connectivity index (χ0v) is 11.5. The standard InChI is InChI=1S/C11H17BrN2S/c1-11(2)6-9(3-4-13-11)14-10-5-8(12)7-15-10/h5,7,9,13-14H,3-4,6H2,1-2H3. The molecule has 1 aromatic rings. The summed E-state index contributed by atoms with van der Waals surface area (Å²) in [6.07, 6.45) is 2.39. The van der Waals surface area contributed by atoms with Crippen molar-refractivity contribution >= 4 is 32.3 Å². The van der Waals surface area contributed by atoms with Crippen LogP contribution in [0.1, 0.15) is 26.7 Å². The molecule has 0 amide bonds. The molecule has 4 heteroatoms. The van der Waals surface area contributed by atoms with E-state index < -0.39 is 0 Å². The molecule has 0 radical (unpaired) electrons. The molecule has 0 aliphatic carbocycles. The predicted octanol–water partition coefficient (Wildman–Crippen LogP) is 3.45. The Hall–Kier alpha value is -0.0600. The van der Waals surface area contributed by atoms with Gasteiger partial charge in [0.2, 0.25) is 0 Å². The maximum Gasteiger partial charge on any atom is 0.0896 e. The fourth-order valence-corrected chi connectivity index (χ4v) is 3.49. The van der Waals surface area contributed by atoms with Gasteiger partial charge in [-0.3, -0.25) is 0 Å². The van der Waals surface area contributed by atoms with Crippen molar-refractivity contribution in [1.29, 1.82) is 0 Å². The molecule has 0 saturated carbocycles. The molecular weight excluding hydrogens is 272 g/mol. The van der Waals surface area contributed by atoms with E-state index in [1.807, 2.05) is 0 Å². The van der Waals surface area contributed by atoms with Crippen molar-refractivity contribution in [1.82, 2.24) is 5.32 Å². The molecule has 84 valence electrons. The highest BCUT2D eigenvalue weighted by molar-refractivity contribution is 9.10. The van der Waals surface area contributed by atoms with Crippen molar-refractivity contribution in [3.05, 3.63) is 15.9 Å². The molecule has 0 aromatic carbocycles. The zero-order chi connectivity index (χ0) is 10.9. The molecule has 0 spiro atoms.